The van der Waals surface area contributed by atoms with Crippen molar-refractivity contribution in [3.63, 3.8) is 0 Å². The summed E-state index contributed by atoms with van der Waals surface area (Å²) in [6, 6.07) is 35.5. The molecule has 5 aromatic rings. The fourth-order valence-corrected chi connectivity index (χ4v) is 4.85. The average molecular weight is 464 g/mol. The second-order valence-corrected chi connectivity index (χ2v) is 8.72. The Morgan fingerprint density at radius 2 is 1.35 bits per heavy atom. The molecule has 0 aliphatic heterocycles. The van der Waals surface area contributed by atoms with Gasteiger partial charge in [0.1, 0.15) is 5.25 Å². The molecule has 6 heteroatoms. The van der Waals surface area contributed by atoms with Gasteiger partial charge < -0.3 is 5.32 Å². The van der Waals surface area contributed by atoms with Crippen molar-refractivity contribution in [3.05, 3.63) is 131 Å². The number of nitrogens with one attached hydrogen (secondary N) is 1. The van der Waals surface area contributed by atoms with E-state index in [0.29, 0.717) is 27.4 Å². The number of amides is 1. The van der Waals surface area contributed by atoms with Crippen LogP contribution in [0.5, 0.6) is 0 Å². The van der Waals surface area contributed by atoms with Crippen molar-refractivity contribution in [2.24, 2.45) is 0 Å². The summed E-state index contributed by atoms with van der Waals surface area (Å²) in [6.45, 7) is 0. The van der Waals surface area contributed by atoms with Crippen LogP contribution in [0.3, 0.4) is 0 Å². The topological polar surface area (TPSA) is 64.0 Å². The molecule has 4 aromatic carbocycles. The zero-order chi connectivity index (χ0) is 23.3. The van der Waals surface area contributed by atoms with E-state index < -0.39 is 5.25 Å². The molecule has 0 bridgehead atoms. The quantitative estimate of drug-likeness (QED) is 0.253. The third-order valence-electron chi connectivity index (χ3n) is 5.36. The monoisotopic (exact) mass is 463 g/mol. The summed E-state index contributed by atoms with van der Waals surface area (Å²) in [4.78, 5) is 31.8. The second-order valence-electron chi connectivity index (χ2n) is 7.65. The number of carbonyl (C=O) groups excluding carboxylic acids is 1. The first kappa shape index (κ1) is 21.7. The van der Waals surface area contributed by atoms with Crippen LogP contribution < -0.4 is 10.9 Å². The van der Waals surface area contributed by atoms with E-state index in [0.717, 1.165) is 5.56 Å². The molecule has 166 valence electrons. The van der Waals surface area contributed by atoms with Gasteiger partial charge >= 0.3 is 0 Å². The molecule has 34 heavy (non-hydrogen) atoms. The Kier molecular flexibility index (Phi) is 6.23. The van der Waals surface area contributed by atoms with Gasteiger partial charge in [-0.25, -0.2) is 4.98 Å². The first-order valence-electron chi connectivity index (χ1n) is 10.9. The zero-order valence-corrected chi connectivity index (χ0v) is 19.0. The molecule has 0 aliphatic rings. The molecule has 0 fully saturated rings. The number of rotatable bonds is 6. The van der Waals surface area contributed by atoms with E-state index in [4.69, 9.17) is 4.98 Å². The molecule has 0 spiro atoms. The summed E-state index contributed by atoms with van der Waals surface area (Å²) in [5.41, 5.74) is 2.65. The predicted molar refractivity (Wildman–Crippen MR) is 137 cm³/mol. The predicted octanol–water partition coefficient (Wildman–Crippen LogP) is 5.86. The van der Waals surface area contributed by atoms with Crippen molar-refractivity contribution in [3.8, 4) is 5.69 Å². The highest BCUT2D eigenvalue weighted by molar-refractivity contribution is 8.00. The van der Waals surface area contributed by atoms with Gasteiger partial charge in [0.25, 0.3) is 5.56 Å². The first-order chi connectivity index (χ1) is 16.7. The molecule has 1 aromatic heterocycles. The lowest BCUT2D eigenvalue weighted by Gasteiger charge is -2.19. The third-order valence-corrected chi connectivity index (χ3v) is 6.57. The number of para-hydroxylation sites is 3. The summed E-state index contributed by atoms with van der Waals surface area (Å²) in [5, 5.41) is 3.36. The van der Waals surface area contributed by atoms with Gasteiger partial charge in [-0.3, -0.25) is 14.2 Å². The standard InChI is InChI=1S/C28H21N3O2S/c32-26(29-21-14-6-2-7-15-21)25(20-12-4-1-5-13-20)34-28-30-24-19-11-10-18-23(24)27(33)31(28)22-16-8-3-9-17-22/h1-19,25H,(H,29,32). The maximum atomic E-state index is 13.5. The Balaban J connectivity index is 1.63. The summed E-state index contributed by atoms with van der Waals surface area (Å²) in [5.74, 6) is -0.190. The number of thioether (sulfide) groups is 1. The van der Waals surface area contributed by atoms with Gasteiger partial charge in [0.15, 0.2) is 5.16 Å². The van der Waals surface area contributed by atoms with Crippen molar-refractivity contribution in [1.29, 1.82) is 0 Å². The molecule has 0 saturated carbocycles. The van der Waals surface area contributed by atoms with Crippen LogP contribution in [0.25, 0.3) is 16.6 Å². The average Bonchev–Trinajstić information content (AvgIpc) is 2.89. The van der Waals surface area contributed by atoms with E-state index in [9.17, 15) is 9.59 Å². The smallest absolute Gasteiger partial charge is 0.266 e. The fraction of sp³-hybridized carbons (Fsp3) is 0.0357. The molecule has 5 nitrogen and oxygen atoms in total. The van der Waals surface area contributed by atoms with E-state index in [1.807, 2.05) is 109 Å². The number of anilines is 1. The molecular weight excluding hydrogens is 442 g/mol. The molecule has 1 heterocycles. The summed E-state index contributed by atoms with van der Waals surface area (Å²) >= 11 is 1.26. The molecular formula is C28H21N3O2S. The lowest BCUT2D eigenvalue weighted by Crippen LogP contribution is -2.24. The van der Waals surface area contributed by atoms with E-state index >= 15 is 0 Å². The van der Waals surface area contributed by atoms with Crippen LogP contribution >= 0.6 is 11.8 Å². The minimum atomic E-state index is -0.621. The molecule has 0 radical (unpaired) electrons. The van der Waals surface area contributed by atoms with Crippen molar-refractivity contribution in [1.82, 2.24) is 9.55 Å². The molecule has 1 N–H and O–H groups in total. The number of hydrogen-bond acceptors (Lipinski definition) is 4. The molecule has 5 rings (SSSR count). The van der Waals surface area contributed by atoms with Gasteiger partial charge in [0, 0.05) is 5.69 Å². The van der Waals surface area contributed by atoms with Gasteiger partial charge in [-0.15, -0.1) is 0 Å². The number of hydrogen-bond donors (Lipinski definition) is 1. The van der Waals surface area contributed by atoms with Gasteiger partial charge in [-0.2, -0.15) is 0 Å². The molecule has 0 aliphatic carbocycles. The van der Waals surface area contributed by atoms with Crippen LogP contribution in [0.15, 0.2) is 125 Å². The lowest BCUT2D eigenvalue weighted by atomic mass is 10.1. The summed E-state index contributed by atoms with van der Waals surface area (Å²) < 4.78 is 1.58. The fourth-order valence-electron chi connectivity index (χ4n) is 3.73. The molecule has 0 saturated heterocycles. The Hall–Kier alpha value is -4.16. The van der Waals surface area contributed by atoms with E-state index in [2.05, 4.69) is 5.32 Å². The Labute approximate surface area is 201 Å². The van der Waals surface area contributed by atoms with Crippen molar-refractivity contribution >= 4 is 34.3 Å². The van der Waals surface area contributed by atoms with E-state index in [-0.39, 0.29) is 11.5 Å². The van der Waals surface area contributed by atoms with Gasteiger partial charge in [0.05, 0.1) is 16.6 Å². The van der Waals surface area contributed by atoms with Crippen LogP contribution in [-0.2, 0) is 4.79 Å². The summed E-state index contributed by atoms with van der Waals surface area (Å²) in [7, 11) is 0. The van der Waals surface area contributed by atoms with Crippen molar-refractivity contribution < 1.29 is 4.79 Å². The highest BCUT2D eigenvalue weighted by Crippen LogP contribution is 2.36. The zero-order valence-electron chi connectivity index (χ0n) is 18.2. The van der Waals surface area contributed by atoms with E-state index in [1.165, 1.54) is 11.8 Å². The first-order valence-corrected chi connectivity index (χ1v) is 11.7. The van der Waals surface area contributed by atoms with Crippen molar-refractivity contribution in [2.45, 2.75) is 10.4 Å². The number of benzene rings is 4. The molecule has 1 amide bonds. The largest absolute Gasteiger partial charge is 0.325 e. The Morgan fingerprint density at radius 3 is 2.06 bits per heavy atom. The van der Waals surface area contributed by atoms with Gasteiger partial charge in [-0.1, -0.05) is 90.6 Å². The van der Waals surface area contributed by atoms with Crippen LogP contribution in [-0.4, -0.2) is 15.5 Å². The number of fused-ring (bicyclic) bond motifs is 1. The number of carbonyl (C=O) groups is 1. The molecule has 1 unspecified atom stereocenters. The van der Waals surface area contributed by atoms with E-state index in [1.54, 1.807) is 10.6 Å². The maximum absolute atomic E-state index is 13.5. The molecule has 1 atom stereocenters. The summed E-state index contributed by atoms with van der Waals surface area (Å²) in [6.07, 6.45) is 0. The minimum absolute atomic E-state index is 0.172. The normalized spacial score (nSPS) is 11.8. The SMILES string of the molecule is O=C(Nc1ccccc1)C(Sc1nc2ccccc2c(=O)n1-c1ccccc1)c1ccccc1. The lowest BCUT2D eigenvalue weighted by molar-refractivity contribution is -0.115. The van der Waals surface area contributed by atoms with Crippen molar-refractivity contribution in [2.75, 3.05) is 5.32 Å². The van der Waals surface area contributed by atoms with Crippen LogP contribution in [0, 0.1) is 0 Å². The van der Waals surface area contributed by atoms with Crippen LogP contribution in [0.4, 0.5) is 5.69 Å². The highest BCUT2D eigenvalue weighted by Gasteiger charge is 2.25. The number of nitrogens with zero attached hydrogens (tertiary/aromatic N) is 2. The second kappa shape index (κ2) is 9.77. The van der Waals surface area contributed by atoms with Crippen LogP contribution in [0.2, 0.25) is 0 Å². The number of aromatic nitrogens is 2. The van der Waals surface area contributed by atoms with Gasteiger partial charge in [0.2, 0.25) is 5.91 Å². The van der Waals surface area contributed by atoms with Crippen LogP contribution in [0.1, 0.15) is 10.8 Å². The Morgan fingerprint density at radius 1 is 0.765 bits per heavy atom. The Bertz CT molecular complexity index is 1490. The maximum Gasteiger partial charge on any atom is 0.266 e. The van der Waals surface area contributed by atoms with Gasteiger partial charge in [-0.05, 0) is 42.0 Å². The highest BCUT2D eigenvalue weighted by atomic mass is 32.2. The third kappa shape index (κ3) is 4.49. The minimum Gasteiger partial charge on any atom is -0.325 e.